The van der Waals surface area contributed by atoms with Crippen molar-refractivity contribution >= 4 is 23.5 Å². The Morgan fingerprint density at radius 3 is 2.79 bits per heavy atom. The lowest BCUT2D eigenvalue weighted by Crippen LogP contribution is -2.42. The predicted octanol–water partition coefficient (Wildman–Crippen LogP) is 4.57. The highest BCUT2D eigenvalue weighted by Crippen LogP contribution is 2.32. The van der Waals surface area contributed by atoms with Gasteiger partial charge in [0.1, 0.15) is 11.6 Å². The maximum atomic E-state index is 14.7. The lowest BCUT2D eigenvalue weighted by atomic mass is 9.90. The third-order valence-electron chi connectivity index (χ3n) is 5.84. The highest BCUT2D eigenvalue weighted by Gasteiger charge is 2.27. The second-order valence-electron chi connectivity index (χ2n) is 7.69. The first-order valence-corrected chi connectivity index (χ1v) is 10.1. The van der Waals surface area contributed by atoms with Crippen molar-refractivity contribution in [3.8, 4) is 5.75 Å². The molecule has 1 fully saturated rings. The third kappa shape index (κ3) is 4.07. The van der Waals surface area contributed by atoms with Crippen LogP contribution in [0.1, 0.15) is 48.1 Å². The van der Waals surface area contributed by atoms with Gasteiger partial charge in [-0.15, -0.1) is 0 Å². The summed E-state index contributed by atoms with van der Waals surface area (Å²) >= 11 is 6.04. The molecule has 1 aliphatic heterocycles. The highest BCUT2D eigenvalue weighted by molar-refractivity contribution is 6.33. The lowest BCUT2D eigenvalue weighted by molar-refractivity contribution is 0.0677. The molecular formula is C22H24ClFN2O2. The summed E-state index contributed by atoms with van der Waals surface area (Å²) in [5.41, 5.74) is 2.98. The third-order valence-corrected chi connectivity index (χ3v) is 6.25. The molecule has 0 bridgehead atoms. The smallest absolute Gasteiger partial charge is 0.149 e. The molecular weight excluding hydrogens is 379 g/mol. The maximum Gasteiger partial charge on any atom is 0.149 e. The Morgan fingerprint density at radius 2 is 2.00 bits per heavy atom. The summed E-state index contributed by atoms with van der Waals surface area (Å²) in [5.74, 6) is -0.545. The highest BCUT2D eigenvalue weighted by atomic mass is 35.5. The predicted molar refractivity (Wildman–Crippen MR) is 109 cm³/mol. The lowest BCUT2D eigenvalue weighted by Gasteiger charge is -2.38. The van der Waals surface area contributed by atoms with Gasteiger partial charge in [0.15, 0.2) is 0 Å². The summed E-state index contributed by atoms with van der Waals surface area (Å²) in [6, 6.07) is 7.08. The van der Waals surface area contributed by atoms with Gasteiger partial charge >= 0.3 is 0 Å². The molecule has 2 aliphatic rings. The number of halogens is 2. The Kier molecular flexibility index (Phi) is 5.67. The number of hydrogen-bond donors (Lipinski definition) is 2. The van der Waals surface area contributed by atoms with Gasteiger partial charge < -0.3 is 10.2 Å². The van der Waals surface area contributed by atoms with Gasteiger partial charge in [0.25, 0.3) is 0 Å². The SMILES string of the molecule is Oc1cccc(/C=C(\F)c2cc3c(cn2)CN(C2CCC(O)CC2)CC3)c1Cl. The number of benzene rings is 1. The first-order chi connectivity index (χ1) is 13.5. The first kappa shape index (κ1) is 19.4. The van der Waals surface area contributed by atoms with Crippen LogP contribution in [0, 0.1) is 0 Å². The summed E-state index contributed by atoms with van der Waals surface area (Å²) in [6.07, 6.45) is 7.61. The molecule has 2 heterocycles. The Morgan fingerprint density at radius 1 is 1.21 bits per heavy atom. The van der Waals surface area contributed by atoms with Crippen molar-refractivity contribution in [2.45, 2.75) is 50.8 Å². The van der Waals surface area contributed by atoms with Crippen LogP contribution >= 0.6 is 11.6 Å². The molecule has 148 valence electrons. The monoisotopic (exact) mass is 402 g/mol. The van der Waals surface area contributed by atoms with E-state index in [0.717, 1.165) is 56.3 Å². The second-order valence-corrected chi connectivity index (χ2v) is 8.07. The normalized spacial score (nSPS) is 23.5. The number of aliphatic hydroxyl groups is 1. The van der Waals surface area contributed by atoms with Crippen molar-refractivity contribution in [1.82, 2.24) is 9.88 Å². The molecule has 4 nitrogen and oxygen atoms in total. The van der Waals surface area contributed by atoms with Crippen LogP contribution in [-0.4, -0.2) is 38.8 Å². The van der Waals surface area contributed by atoms with Gasteiger partial charge in [-0.25, -0.2) is 4.39 Å². The fourth-order valence-electron chi connectivity index (χ4n) is 4.19. The fraction of sp³-hybridized carbons (Fsp3) is 0.409. The molecule has 0 unspecified atom stereocenters. The molecule has 1 saturated carbocycles. The van der Waals surface area contributed by atoms with Gasteiger partial charge in [0, 0.05) is 25.3 Å². The number of rotatable bonds is 3. The molecule has 0 spiro atoms. The average molecular weight is 403 g/mol. The largest absolute Gasteiger partial charge is 0.506 e. The minimum Gasteiger partial charge on any atom is -0.506 e. The van der Waals surface area contributed by atoms with E-state index in [2.05, 4.69) is 9.88 Å². The van der Waals surface area contributed by atoms with Crippen LogP contribution in [0.3, 0.4) is 0 Å². The summed E-state index contributed by atoms with van der Waals surface area (Å²) in [4.78, 5) is 6.78. The van der Waals surface area contributed by atoms with Gasteiger partial charge in [-0.1, -0.05) is 23.7 Å². The van der Waals surface area contributed by atoms with Crippen LogP contribution in [0.25, 0.3) is 11.9 Å². The van der Waals surface area contributed by atoms with E-state index in [0.29, 0.717) is 11.6 Å². The van der Waals surface area contributed by atoms with Crippen molar-refractivity contribution in [1.29, 1.82) is 0 Å². The zero-order valence-electron chi connectivity index (χ0n) is 15.6. The Hall–Kier alpha value is -1.95. The molecule has 28 heavy (non-hydrogen) atoms. The molecule has 1 aromatic heterocycles. The van der Waals surface area contributed by atoms with E-state index in [1.807, 2.05) is 6.07 Å². The van der Waals surface area contributed by atoms with Gasteiger partial charge in [-0.05, 0) is 67.0 Å². The van der Waals surface area contributed by atoms with E-state index in [4.69, 9.17) is 11.6 Å². The number of fused-ring (bicyclic) bond motifs is 1. The van der Waals surface area contributed by atoms with Crippen molar-refractivity contribution in [2.24, 2.45) is 0 Å². The van der Waals surface area contributed by atoms with Crippen LogP contribution in [-0.2, 0) is 13.0 Å². The molecule has 2 N–H and O–H groups in total. The van der Waals surface area contributed by atoms with Crippen molar-refractivity contribution in [3.63, 3.8) is 0 Å². The number of phenolic OH excluding ortho intramolecular Hbond substituents is 1. The number of nitrogens with zero attached hydrogens (tertiary/aromatic N) is 2. The Labute approximate surface area is 169 Å². The van der Waals surface area contributed by atoms with Gasteiger partial charge in [0.2, 0.25) is 0 Å². The van der Waals surface area contributed by atoms with Crippen molar-refractivity contribution in [3.05, 3.63) is 57.9 Å². The standard InChI is InChI=1S/C22H24ClFN2O2/c23-22-15(2-1-3-21(22)28)10-19(24)20-11-14-8-9-26(13-16(14)12-25-20)17-4-6-18(27)7-5-17/h1-3,10-12,17-18,27-28H,4-9,13H2/b19-10-. The van der Waals surface area contributed by atoms with Crippen LogP contribution in [0.15, 0.2) is 30.5 Å². The zero-order valence-corrected chi connectivity index (χ0v) is 16.4. The van der Waals surface area contributed by atoms with Crippen LogP contribution in [0.2, 0.25) is 5.02 Å². The molecule has 1 aliphatic carbocycles. The Balaban J connectivity index is 1.50. The number of hydrogen-bond acceptors (Lipinski definition) is 4. The van der Waals surface area contributed by atoms with Crippen molar-refractivity contribution in [2.75, 3.05) is 6.54 Å². The number of aliphatic hydroxyl groups excluding tert-OH is 1. The number of aromatic nitrogens is 1. The van der Waals surface area contributed by atoms with E-state index in [-0.39, 0.29) is 22.6 Å². The number of pyridine rings is 1. The molecule has 0 radical (unpaired) electrons. The van der Waals surface area contributed by atoms with Crippen LogP contribution < -0.4 is 0 Å². The molecule has 0 amide bonds. The molecule has 1 aromatic carbocycles. The second kappa shape index (κ2) is 8.19. The summed E-state index contributed by atoms with van der Waals surface area (Å²) in [6.45, 7) is 1.77. The topological polar surface area (TPSA) is 56.6 Å². The van der Waals surface area contributed by atoms with Gasteiger partial charge in [-0.2, -0.15) is 0 Å². The quantitative estimate of drug-likeness (QED) is 0.789. The van der Waals surface area contributed by atoms with E-state index in [9.17, 15) is 14.6 Å². The van der Waals surface area contributed by atoms with Crippen molar-refractivity contribution < 1.29 is 14.6 Å². The summed E-state index contributed by atoms with van der Waals surface area (Å²) < 4.78 is 14.7. The summed E-state index contributed by atoms with van der Waals surface area (Å²) in [5, 5.41) is 19.5. The molecule has 0 saturated heterocycles. The summed E-state index contributed by atoms with van der Waals surface area (Å²) in [7, 11) is 0. The van der Waals surface area contributed by atoms with Crippen LogP contribution in [0.5, 0.6) is 5.75 Å². The van der Waals surface area contributed by atoms with Gasteiger partial charge in [0.05, 0.1) is 16.8 Å². The number of aromatic hydroxyl groups is 1. The van der Waals surface area contributed by atoms with E-state index < -0.39 is 5.83 Å². The number of phenols is 1. The maximum absolute atomic E-state index is 14.7. The first-order valence-electron chi connectivity index (χ1n) is 9.76. The minimum absolute atomic E-state index is 0.0723. The minimum atomic E-state index is -0.473. The Bertz CT molecular complexity index is 894. The molecule has 6 heteroatoms. The molecule has 4 rings (SSSR count). The zero-order chi connectivity index (χ0) is 19.7. The van der Waals surface area contributed by atoms with E-state index in [1.54, 1.807) is 18.3 Å². The molecule has 0 atom stereocenters. The fourth-order valence-corrected chi connectivity index (χ4v) is 4.37. The van der Waals surface area contributed by atoms with E-state index in [1.165, 1.54) is 12.1 Å². The van der Waals surface area contributed by atoms with E-state index >= 15 is 0 Å². The average Bonchev–Trinajstić information content (AvgIpc) is 2.71. The molecule has 2 aromatic rings. The van der Waals surface area contributed by atoms with Gasteiger partial charge in [-0.3, -0.25) is 9.88 Å². The van der Waals surface area contributed by atoms with Crippen LogP contribution in [0.4, 0.5) is 4.39 Å².